The summed E-state index contributed by atoms with van der Waals surface area (Å²) in [5.41, 5.74) is 0.881. The summed E-state index contributed by atoms with van der Waals surface area (Å²) in [6, 6.07) is 11.0. The van der Waals surface area contributed by atoms with E-state index in [9.17, 15) is 14.7 Å². The summed E-state index contributed by atoms with van der Waals surface area (Å²) in [5.74, 6) is 0.366. The molecule has 134 valence electrons. The first-order chi connectivity index (χ1) is 12.5. The monoisotopic (exact) mass is 388 g/mol. The van der Waals surface area contributed by atoms with Crippen molar-refractivity contribution in [3.05, 3.63) is 47.1 Å². The summed E-state index contributed by atoms with van der Waals surface area (Å²) >= 11 is 6.26. The minimum absolute atomic E-state index is 0.000404. The fraction of sp³-hybridized carbons (Fsp3) is 0.167. The van der Waals surface area contributed by atoms with Gasteiger partial charge in [0, 0.05) is 30.6 Å². The Balaban J connectivity index is 1.76. The summed E-state index contributed by atoms with van der Waals surface area (Å²) in [7, 11) is 1.60. The van der Waals surface area contributed by atoms with E-state index in [0.717, 1.165) is 23.1 Å². The molecule has 2 heterocycles. The van der Waals surface area contributed by atoms with Gasteiger partial charge < -0.3 is 19.1 Å². The second-order valence-corrected chi connectivity index (χ2v) is 7.06. The first kappa shape index (κ1) is 18.2. The molecular formula is C18H14NO5S2-. The first-order valence-corrected chi connectivity index (χ1v) is 8.90. The minimum Gasteiger partial charge on any atom is -0.550 e. The highest BCUT2D eigenvalue weighted by Gasteiger charge is 2.31. The zero-order chi connectivity index (χ0) is 18.7. The van der Waals surface area contributed by atoms with Crippen LogP contribution in [0.25, 0.3) is 17.4 Å². The highest BCUT2D eigenvalue weighted by atomic mass is 32.2. The summed E-state index contributed by atoms with van der Waals surface area (Å²) in [6.07, 6.45) is 1.34. The Kier molecular flexibility index (Phi) is 5.43. The quantitative estimate of drug-likeness (QED) is 0.555. The molecule has 0 radical (unpaired) electrons. The van der Waals surface area contributed by atoms with Crippen LogP contribution >= 0.6 is 24.0 Å². The van der Waals surface area contributed by atoms with Crippen molar-refractivity contribution >= 4 is 46.3 Å². The van der Waals surface area contributed by atoms with Gasteiger partial charge in [0.1, 0.15) is 21.6 Å². The molecular weight excluding hydrogens is 374 g/mol. The van der Waals surface area contributed by atoms with E-state index >= 15 is 0 Å². The van der Waals surface area contributed by atoms with E-state index in [1.165, 1.54) is 4.90 Å². The normalized spacial score (nSPS) is 15.7. The predicted octanol–water partition coefficient (Wildman–Crippen LogP) is 2.30. The van der Waals surface area contributed by atoms with Gasteiger partial charge in [-0.2, -0.15) is 0 Å². The standard InChI is InChI=1S/C18H15NO5S2/c1-23-12-4-2-11(3-5-12)14-7-6-13(24-14)10-15-17(22)19(18(25)26-15)9-8-16(20)21/h2-7,10H,8-9H2,1H3,(H,20,21)/p-1/b15-10-. The van der Waals surface area contributed by atoms with E-state index in [2.05, 4.69) is 0 Å². The third-order valence-corrected chi connectivity index (χ3v) is 5.07. The number of hydrogen-bond acceptors (Lipinski definition) is 7. The number of thioether (sulfide) groups is 1. The third-order valence-electron chi connectivity index (χ3n) is 3.69. The van der Waals surface area contributed by atoms with Crippen molar-refractivity contribution < 1.29 is 23.8 Å². The molecule has 1 aliphatic rings. The Bertz CT molecular complexity index is 885. The smallest absolute Gasteiger partial charge is 0.266 e. The molecule has 0 atom stereocenters. The van der Waals surface area contributed by atoms with E-state index in [0.29, 0.717) is 20.7 Å². The molecule has 0 bridgehead atoms. The van der Waals surface area contributed by atoms with Crippen LogP contribution in [0.2, 0.25) is 0 Å². The van der Waals surface area contributed by atoms with Gasteiger partial charge in [0.25, 0.3) is 5.91 Å². The number of hydrogen-bond donors (Lipinski definition) is 0. The van der Waals surface area contributed by atoms with Crippen molar-refractivity contribution in [1.82, 2.24) is 4.90 Å². The molecule has 1 amide bonds. The fourth-order valence-corrected chi connectivity index (χ4v) is 3.65. The number of benzene rings is 1. The van der Waals surface area contributed by atoms with Crippen LogP contribution in [0.4, 0.5) is 0 Å². The number of carbonyl (C=O) groups is 2. The SMILES string of the molecule is COc1ccc(-c2ccc(/C=C3\SC(=S)N(CCC(=O)[O-])C3=O)o2)cc1. The van der Waals surface area contributed by atoms with Crippen LogP contribution in [0.15, 0.2) is 45.7 Å². The molecule has 0 N–H and O–H groups in total. The number of thiocarbonyl (C=S) groups is 1. The molecule has 6 nitrogen and oxygen atoms in total. The van der Waals surface area contributed by atoms with Crippen LogP contribution in [0.1, 0.15) is 12.2 Å². The zero-order valence-corrected chi connectivity index (χ0v) is 15.4. The Morgan fingerprint density at radius 2 is 2.04 bits per heavy atom. The molecule has 8 heteroatoms. The number of ether oxygens (including phenoxy) is 1. The number of methoxy groups -OCH3 is 1. The minimum atomic E-state index is -1.22. The first-order valence-electron chi connectivity index (χ1n) is 7.67. The molecule has 0 spiro atoms. The maximum absolute atomic E-state index is 12.4. The average molecular weight is 388 g/mol. The maximum Gasteiger partial charge on any atom is 0.266 e. The molecule has 2 aromatic rings. The van der Waals surface area contributed by atoms with Gasteiger partial charge in [-0.15, -0.1) is 0 Å². The van der Waals surface area contributed by atoms with Crippen molar-refractivity contribution in [2.24, 2.45) is 0 Å². The van der Waals surface area contributed by atoms with Crippen LogP contribution in [-0.4, -0.2) is 34.8 Å². The molecule has 1 saturated heterocycles. The molecule has 1 aromatic carbocycles. The second-order valence-electron chi connectivity index (χ2n) is 5.39. The number of aliphatic carboxylic acids is 1. The molecule has 3 rings (SSSR count). The van der Waals surface area contributed by atoms with Gasteiger partial charge in [0.15, 0.2) is 0 Å². The summed E-state index contributed by atoms with van der Waals surface area (Å²) in [6.45, 7) is -0.000404. The Labute approximate surface area is 159 Å². The topological polar surface area (TPSA) is 82.8 Å². The number of furan rings is 1. The van der Waals surface area contributed by atoms with Gasteiger partial charge in [0.05, 0.1) is 12.0 Å². The molecule has 1 fully saturated rings. The molecule has 1 aliphatic heterocycles. The zero-order valence-electron chi connectivity index (χ0n) is 13.8. The van der Waals surface area contributed by atoms with Gasteiger partial charge in [-0.05, 0) is 36.4 Å². The summed E-state index contributed by atoms with van der Waals surface area (Å²) in [5, 5.41) is 10.6. The summed E-state index contributed by atoms with van der Waals surface area (Å²) < 4.78 is 11.2. The van der Waals surface area contributed by atoms with Gasteiger partial charge in [0.2, 0.25) is 0 Å². The average Bonchev–Trinajstić information content (AvgIpc) is 3.19. The predicted molar refractivity (Wildman–Crippen MR) is 100 cm³/mol. The largest absolute Gasteiger partial charge is 0.550 e. The molecule has 0 aliphatic carbocycles. The molecule has 0 saturated carbocycles. The molecule has 0 unspecified atom stereocenters. The number of carboxylic acid groups (broad SMARTS) is 1. The fourth-order valence-electron chi connectivity index (χ4n) is 2.37. The number of nitrogens with zero attached hydrogens (tertiary/aromatic N) is 1. The molecule has 1 aromatic heterocycles. The van der Waals surface area contributed by atoms with Gasteiger partial charge >= 0.3 is 0 Å². The van der Waals surface area contributed by atoms with E-state index in [4.69, 9.17) is 21.4 Å². The Hall–Kier alpha value is -2.58. The third kappa shape index (κ3) is 3.97. The Morgan fingerprint density at radius 3 is 2.69 bits per heavy atom. The van der Waals surface area contributed by atoms with Crippen LogP contribution in [0, 0.1) is 0 Å². The van der Waals surface area contributed by atoms with Crippen molar-refractivity contribution in [1.29, 1.82) is 0 Å². The van der Waals surface area contributed by atoms with Crippen molar-refractivity contribution in [2.45, 2.75) is 6.42 Å². The number of rotatable bonds is 6. The lowest BCUT2D eigenvalue weighted by atomic mass is 10.2. The number of carboxylic acids is 1. The Morgan fingerprint density at radius 1 is 1.31 bits per heavy atom. The van der Waals surface area contributed by atoms with E-state index in [-0.39, 0.29) is 18.9 Å². The van der Waals surface area contributed by atoms with Crippen LogP contribution < -0.4 is 9.84 Å². The molecule has 26 heavy (non-hydrogen) atoms. The van der Waals surface area contributed by atoms with Gasteiger partial charge in [-0.1, -0.05) is 24.0 Å². The van der Waals surface area contributed by atoms with Crippen molar-refractivity contribution in [3.63, 3.8) is 0 Å². The van der Waals surface area contributed by atoms with E-state index < -0.39 is 5.97 Å². The van der Waals surface area contributed by atoms with Crippen LogP contribution in [-0.2, 0) is 9.59 Å². The van der Waals surface area contributed by atoms with E-state index in [1.54, 1.807) is 19.3 Å². The second kappa shape index (κ2) is 7.76. The highest BCUT2D eigenvalue weighted by Crippen LogP contribution is 2.33. The van der Waals surface area contributed by atoms with E-state index in [1.807, 2.05) is 30.3 Å². The van der Waals surface area contributed by atoms with Crippen molar-refractivity contribution in [3.8, 4) is 17.1 Å². The lowest BCUT2D eigenvalue weighted by Crippen LogP contribution is -2.33. The van der Waals surface area contributed by atoms with Crippen LogP contribution in [0.5, 0.6) is 5.75 Å². The lowest BCUT2D eigenvalue weighted by molar-refractivity contribution is -0.305. The van der Waals surface area contributed by atoms with Crippen molar-refractivity contribution in [2.75, 3.05) is 13.7 Å². The highest BCUT2D eigenvalue weighted by molar-refractivity contribution is 8.26. The maximum atomic E-state index is 12.4. The van der Waals surface area contributed by atoms with Gasteiger partial charge in [-0.25, -0.2) is 0 Å². The summed E-state index contributed by atoms with van der Waals surface area (Å²) in [4.78, 5) is 24.6. The lowest BCUT2D eigenvalue weighted by Gasteiger charge is -2.14. The van der Waals surface area contributed by atoms with Gasteiger partial charge in [-0.3, -0.25) is 9.69 Å². The number of amides is 1. The number of carbonyl (C=O) groups excluding carboxylic acids is 2. The van der Waals surface area contributed by atoms with Crippen LogP contribution in [0.3, 0.4) is 0 Å².